The summed E-state index contributed by atoms with van der Waals surface area (Å²) < 4.78 is 18.0. The normalized spacial score (nSPS) is 17.9. The molecule has 2 rings (SSSR count). The molecule has 1 aliphatic carbocycles. The van der Waals surface area contributed by atoms with Gasteiger partial charge in [0.1, 0.15) is 11.9 Å². The third-order valence-corrected chi connectivity index (χ3v) is 3.90. The first-order valence-corrected chi connectivity index (χ1v) is 6.90. The summed E-state index contributed by atoms with van der Waals surface area (Å²) in [6, 6.07) is 5.65. The summed E-state index contributed by atoms with van der Waals surface area (Å²) in [5.41, 5.74) is 6.29. The SMILES string of the molecule is COCC(N)C(=O)NC1(c2ccc(F)cc2)CCCC1.Cl. The third-order valence-electron chi connectivity index (χ3n) is 3.90. The van der Waals surface area contributed by atoms with Crippen molar-refractivity contribution in [3.63, 3.8) is 0 Å². The zero-order valence-corrected chi connectivity index (χ0v) is 12.9. The highest BCUT2D eigenvalue weighted by atomic mass is 35.5. The van der Waals surface area contributed by atoms with E-state index in [0.29, 0.717) is 0 Å². The van der Waals surface area contributed by atoms with Crippen molar-refractivity contribution < 1.29 is 13.9 Å². The van der Waals surface area contributed by atoms with Crippen molar-refractivity contribution in [1.82, 2.24) is 5.32 Å². The van der Waals surface area contributed by atoms with Crippen molar-refractivity contribution in [2.75, 3.05) is 13.7 Å². The molecule has 0 aromatic heterocycles. The van der Waals surface area contributed by atoms with E-state index in [2.05, 4.69) is 5.32 Å². The molecule has 0 spiro atoms. The number of nitrogens with two attached hydrogens (primary N) is 1. The Morgan fingerprint density at radius 2 is 1.95 bits per heavy atom. The Kier molecular flexibility index (Phi) is 6.58. The van der Waals surface area contributed by atoms with Gasteiger partial charge in [-0.3, -0.25) is 4.79 Å². The fourth-order valence-corrected chi connectivity index (χ4v) is 2.82. The number of rotatable bonds is 5. The largest absolute Gasteiger partial charge is 0.383 e. The summed E-state index contributed by atoms with van der Waals surface area (Å²) in [4.78, 5) is 12.1. The molecule has 6 heteroatoms. The molecule has 0 heterocycles. The maximum Gasteiger partial charge on any atom is 0.239 e. The summed E-state index contributed by atoms with van der Waals surface area (Å²) in [5.74, 6) is -0.498. The average molecular weight is 317 g/mol. The van der Waals surface area contributed by atoms with Crippen molar-refractivity contribution in [2.45, 2.75) is 37.3 Å². The van der Waals surface area contributed by atoms with E-state index in [4.69, 9.17) is 10.5 Å². The first-order valence-electron chi connectivity index (χ1n) is 6.90. The molecular weight excluding hydrogens is 295 g/mol. The highest BCUT2D eigenvalue weighted by Gasteiger charge is 2.37. The monoisotopic (exact) mass is 316 g/mol. The molecular formula is C15H22ClFN2O2. The Labute approximate surface area is 130 Å². The Bertz CT molecular complexity index is 461. The van der Waals surface area contributed by atoms with Crippen LogP contribution in [0.1, 0.15) is 31.2 Å². The second-order valence-corrected chi connectivity index (χ2v) is 5.35. The highest BCUT2D eigenvalue weighted by Crippen LogP contribution is 2.38. The minimum atomic E-state index is -0.682. The third kappa shape index (κ3) is 4.15. The molecule has 1 unspecified atom stereocenters. The smallest absolute Gasteiger partial charge is 0.239 e. The van der Waals surface area contributed by atoms with Gasteiger partial charge in [0.05, 0.1) is 12.1 Å². The van der Waals surface area contributed by atoms with E-state index in [0.717, 1.165) is 31.2 Å². The summed E-state index contributed by atoms with van der Waals surface area (Å²) >= 11 is 0. The standard InChI is InChI=1S/C15H21FN2O2.ClH/c1-20-10-13(17)14(19)18-15(8-2-3-9-15)11-4-6-12(16)7-5-11;/h4-7,13H,2-3,8-10,17H2,1H3,(H,18,19);1H. The second kappa shape index (κ2) is 7.73. The van der Waals surface area contributed by atoms with E-state index in [1.54, 1.807) is 12.1 Å². The number of halogens is 2. The Balaban J connectivity index is 0.00000220. The predicted octanol–water partition coefficient (Wildman–Crippen LogP) is 2.11. The van der Waals surface area contributed by atoms with Crippen LogP contribution in [0.25, 0.3) is 0 Å². The molecule has 118 valence electrons. The van der Waals surface area contributed by atoms with Crippen LogP contribution in [0.15, 0.2) is 24.3 Å². The molecule has 1 fully saturated rings. The Morgan fingerprint density at radius 3 is 2.48 bits per heavy atom. The van der Waals surface area contributed by atoms with Gasteiger partial charge in [-0.15, -0.1) is 12.4 Å². The van der Waals surface area contributed by atoms with Crippen LogP contribution in [0.2, 0.25) is 0 Å². The molecule has 1 saturated carbocycles. The lowest BCUT2D eigenvalue weighted by Crippen LogP contribution is -2.52. The molecule has 0 aliphatic heterocycles. The van der Waals surface area contributed by atoms with E-state index >= 15 is 0 Å². The van der Waals surface area contributed by atoms with Gasteiger partial charge < -0.3 is 15.8 Å². The number of carbonyl (C=O) groups excluding carboxylic acids is 1. The van der Waals surface area contributed by atoms with Crippen LogP contribution in [0.5, 0.6) is 0 Å². The van der Waals surface area contributed by atoms with Crippen LogP contribution in [-0.4, -0.2) is 25.7 Å². The van der Waals surface area contributed by atoms with E-state index in [1.807, 2.05) is 0 Å². The number of amides is 1. The first kappa shape index (κ1) is 17.9. The van der Waals surface area contributed by atoms with E-state index in [9.17, 15) is 9.18 Å². The molecule has 0 bridgehead atoms. The van der Waals surface area contributed by atoms with Gasteiger partial charge in [-0.25, -0.2) is 4.39 Å². The molecule has 1 aromatic rings. The van der Waals surface area contributed by atoms with Crippen LogP contribution in [0.4, 0.5) is 4.39 Å². The van der Waals surface area contributed by atoms with Crippen molar-refractivity contribution >= 4 is 18.3 Å². The number of ether oxygens (including phenoxy) is 1. The molecule has 0 radical (unpaired) electrons. The lowest BCUT2D eigenvalue weighted by atomic mass is 9.87. The number of methoxy groups -OCH3 is 1. The van der Waals surface area contributed by atoms with Gasteiger partial charge in [0, 0.05) is 7.11 Å². The quantitative estimate of drug-likeness (QED) is 0.874. The molecule has 4 nitrogen and oxygen atoms in total. The van der Waals surface area contributed by atoms with Crippen LogP contribution in [0.3, 0.4) is 0 Å². The lowest BCUT2D eigenvalue weighted by molar-refractivity contribution is -0.125. The van der Waals surface area contributed by atoms with Crippen molar-refractivity contribution in [3.8, 4) is 0 Å². The summed E-state index contributed by atoms with van der Waals surface area (Å²) in [6.45, 7) is 0.186. The molecule has 0 saturated heterocycles. The zero-order chi connectivity index (χ0) is 14.6. The van der Waals surface area contributed by atoms with Gasteiger partial charge in [0.25, 0.3) is 0 Å². The fourth-order valence-electron chi connectivity index (χ4n) is 2.82. The van der Waals surface area contributed by atoms with Crippen molar-refractivity contribution in [2.24, 2.45) is 5.73 Å². The van der Waals surface area contributed by atoms with Gasteiger partial charge in [-0.2, -0.15) is 0 Å². The van der Waals surface area contributed by atoms with E-state index < -0.39 is 11.6 Å². The number of carbonyl (C=O) groups is 1. The van der Waals surface area contributed by atoms with Gasteiger partial charge in [0.2, 0.25) is 5.91 Å². The van der Waals surface area contributed by atoms with Crippen LogP contribution >= 0.6 is 12.4 Å². The van der Waals surface area contributed by atoms with Gasteiger partial charge in [-0.1, -0.05) is 25.0 Å². The average Bonchev–Trinajstić information content (AvgIpc) is 2.89. The number of nitrogens with one attached hydrogen (secondary N) is 1. The summed E-state index contributed by atoms with van der Waals surface area (Å²) in [5, 5.41) is 3.05. The van der Waals surface area contributed by atoms with Crippen molar-refractivity contribution in [1.29, 1.82) is 0 Å². The summed E-state index contributed by atoms with van der Waals surface area (Å²) in [6.07, 6.45) is 3.78. The molecule has 1 aromatic carbocycles. The van der Waals surface area contributed by atoms with E-state index in [1.165, 1.54) is 19.2 Å². The fraction of sp³-hybridized carbons (Fsp3) is 0.533. The number of benzene rings is 1. The molecule has 21 heavy (non-hydrogen) atoms. The summed E-state index contributed by atoms with van der Waals surface area (Å²) in [7, 11) is 1.51. The van der Waals surface area contributed by atoms with Crippen LogP contribution < -0.4 is 11.1 Å². The van der Waals surface area contributed by atoms with Gasteiger partial charge in [-0.05, 0) is 30.5 Å². The molecule has 1 atom stereocenters. The Hall–Kier alpha value is -1.17. The highest BCUT2D eigenvalue weighted by molar-refractivity contribution is 5.85. The minimum Gasteiger partial charge on any atom is -0.383 e. The lowest BCUT2D eigenvalue weighted by Gasteiger charge is -2.32. The maximum atomic E-state index is 13.1. The van der Waals surface area contributed by atoms with Crippen LogP contribution in [0, 0.1) is 5.82 Å². The number of hydrogen-bond donors (Lipinski definition) is 2. The van der Waals surface area contributed by atoms with E-state index in [-0.39, 0.29) is 30.7 Å². The predicted molar refractivity (Wildman–Crippen MR) is 81.8 cm³/mol. The second-order valence-electron chi connectivity index (χ2n) is 5.35. The zero-order valence-electron chi connectivity index (χ0n) is 12.1. The van der Waals surface area contributed by atoms with Crippen molar-refractivity contribution in [3.05, 3.63) is 35.6 Å². The maximum absolute atomic E-state index is 13.1. The van der Waals surface area contributed by atoms with Gasteiger partial charge >= 0.3 is 0 Å². The topological polar surface area (TPSA) is 64.3 Å². The molecule has 1 amide bonds. The Morgan fingerprint density at radius 1 is 1.38 bits per heavy atom. The number of hydrogen-bond acceptors (Lipinski definition) is 3. The van der Waals surface area contributed by atoms with Crippen LogP contribution in [-0.2, 0) is 15.1 Å². The molecule has 1 aliphatic rings. The minimum absolute atomic E-state index is 0. The van der Waals surface area contributed by atoms with Gasteiger partial charge in [0.15, 0.2) is 0 Å². The molecule has 3 N–H and O–H groups in total. The first-order chi connectivity index (χ1) is 9.57.